The number of benzene rings is 1. The van der Waals surface area contributed by atoms with E-state index in [4.69, 9.17) is 10.5 Å². The first-order valence-electron chi connectivity index (χ1n) is 7.13. The van der Waals surface area contributed by atoms with E-state index in [1.807, 2.05) is 0 Å². The lowest BCUT2D eigenvalue weighted by Crippen LogP contribution is -2.10. The lowest BCUT2D eigenvalue weighted by molar-refractivity contribution is -0.137. The molecule has 1 aromatic carbocycles. The molecule has 0 saturated carbocycles. The van der Waals surface area contributed by atoms with Gasteiger partial charge in [-0.25, -0.2) is 9.59 Å². The van der Waals surface area contributed by atoms with Crippen LogP contribution in [0.3, 0.4) is 0 Å². The van der Waals surface area contributed by atoms with Gasteiger partial charge in [-0.15, -0.1) is 0 Å². The number of hydrogen-bond acceptors (Lipinski definition) is 5. The molecule has 1 heterocycles. The van der Waals surface area contributed by atoms with E-state index in [1.165, 1.54) is 23.0 Å². The van der Waals surface area contributed by atoms with Gasteiger partial charge in [0.1, 0.15) is 0 Å². The van der Waals surface area contributed by atoms with Crippen LogP contribution >= 0.6 is 0 Å². The third-order valence-electron chi connectivity index (χ3n) is 3.29. The van der Waals surface area contributed by atoms with E-state index in [2.05, 4.69) is 4.74 Å². The Hall–Kier alpha value is -2.97. The lowest BCUT2D eigenvalue weighted by atomic mass is 10.1. The van der Waals surface area contributed by atoms with Gasteiger partial charge in [0.05, 0.1) is 30.4 Å². The molecule has 1 aromatic heterocycles. The van der Waals surface area contributed by atoms with E-state index >= 15 is 0 Å². The fraction of sp³-hybridized carbons (Fsp3) is 0.250. The number of alkyl halides is 3. The summed E-state index contributed by atoms with van der Waals surface area (Å²) in [7, 11) is 1.12. The number of nitrogens with zero attached hydrogens (tertiary/aromatic N) is 1. The molecule has 0 fully saturated rings. The number of ether oxygens (including phenoxy) is 2. The first-order valence-corrected chi connectivity index (χ1v) is 7.13. The smallest absolute Gasteiger partial charge is 0.416 e. The first kappa shape index (κ1) is 18.4. The van der Waals surface area contributed by atoms with Crippen molar-refractivity contribution < 1.29 is 32.2 Å². The van der Waals surface area contributed by atoms with E-state index in [0.717, 1.165) is 19.2 Å². The van der Waals surface area contributed by atoms with E-state index in [1.54, 1.807) is 6.92 Å². The molecule has 0 aliphatic carbocycles. The fourth-order valence-corrected chi connectivity index (χ4v) is 2.20. The van der Waals surface area contributed by atoms with Gasteiger partial charge in [0.2, 0.25) is 0 Å². The SMILES string of the molecule is CCOC(=O)c1cn(-c2cc(N)cc(C(F)(F)F)c2)cc1C(=O)OC. The summed E-state index contributed by atoms with van der Waals surface area (Å²) < 4.78 is 49.5. The minimum Gasteiger partial charge on any atom is -0.465 e. The van der Waals surface area contributed by atoms with Crippen molar-refractivity contribution in [3.05, 3.63) is 47.3 Å². The maximum atomic E-state index is 12.9. The van der Waals surface area contributed by atoms with Crippen LogP contribution in [0.1, 0.15) is 33.2 Å². The maximum Gasteiger partial charge on any atom is 0.416 e. The molecule has 134 valence electrons. The Morgan fingerprint density at radius 1 is 1.12 bits per heavy atom. The molecule has 0 aliphatic rings. The minimum atomic E-state index is -4.59. The van der Waals surface area contributed by atoms with Crippen LogP contribution in [-0.4, -0.2) is 30.2 Å². The third kappa shape index (κ3) is 3.93. The second kappa shape index (κ2) is 6.88. The molecule has 0 atom stereocenters. The van der Waals surface area contributed by atoms with Crippen LogP contribution in [0.5, 0.6) is 0 Å². The fourth-order valence-electron chi connectivity index (χ4n) is 2.20. The summed E-state index contributed by atoms with van der Waals surface area (Å²) >= 11 is 0. The summed E-state index contributed by atoms with van der Waals surface area (Å²) in [5.41, 5.74) is 4.26. The van der Waals surface area contributed by atoms with Crippen molar-refractivity contribution >= 4 is 17.6 Å². The van der Waals surface area contributed by atoms with Gasteiger partial charge in [0.25, 0.3) is 0 Å². The Morgan fingerprint density at radius 2 is 1.72 bits per heavy atom. The molecule has 9 heteroatoms. The number of rotatable bonds is 4. The number of nitrogens with two attached hydrogens (primary N) is 1. The van der Waals surface area contributed by atoms with Gasteiger partial charge in [-0.2, -0.15) is 13.2 Å². The zero-order valence-electron chi connectivity index (χ0n) is 13.4. The number of methoxy groups -OCH3 is 1. The summed E-state index contributed by atoms with van der Waals surface area (Å²) in [4.78, 5) is 23.8. The van der Waals surface area contributed by atoms with Crippen molar-refractivity contribution in [2.45, 2.75) is 13.1 Å². The normalized spacial score (nSPS) is 11.2. The van der Waals surface area contributed by atoms with Crippen molar-refractivity contribution in [1.82, 2.24) is 4.57 Å². The molecule has 0 spiro atoms. The standard InChI is InChI=1S/C16H15F3N2O4/c1-3-25-15(23)13-8-21(7-12(13)14(22)24-2)11-5-9(16(17,18)19)4-10(20)6-11/h4-8H,3,20H2,1-2H3. The number of aromatic nitrogens is 1. The summed E-state index contributed by atoms with van der Waals surface area (Å²) in [5.74, 6) is -1.61. The Kier molecular flexibility index (Phi) is 5.05. The highest BCUT2D eigenvalue weighted by atomic mass is 19.4. The lowest BCUT2D eigenvalue weighted by Gasteiger charge is -2.11. The van der Waals surface area contributed by atoms with Gasteiger partial charge in [-0.1, -0.05) is 0 Å². The number of halogens is 3. The van der Waals surface area contributed by atoms with Crippen molar-refractivity contribution in [1.29, 1.82) is 0 Å². The quantitative estimate of drug-likeness (QED) is 0.672. The Balaban J connectivity index is 2.59. The van der Waals surface area contributed by atoms with Crippen LogP contribution in [0.15, 0.2) is 30.6 Å². The number of nitrogen functional groups attached to an aromatic ring is 1. The van der Waals surface area contributed by atoms with E-state index in [-0.39, 0.29) is 29.1 Å². The summed E-state index contributed by atoms with van der Waals surface area (Å²) in [6, 6.07) is 2.93. The number of carbonyl (C=O) groups is 2. The van der Waals surface area contributed by atoms with Crippen LogP contribution in [0, 0.1) is 0 Å². The number of carbonyl (C=O) groups excluding carboxylic acids is 2. The predicted octanol–water partition coefficient (Wildman–Crippen LogP) is 3.04. The van der Waals surface area contributed by atoms with Crippen LogP contribution in [0.4, 0.5) is 18.9 Å². The summed E-state index contributed by atoms with van der Waals surface area (Å²) in [6.07, 6.45) is -2.21. The molecule has 2 rings (SSSR count). The highest BCUT2D eigenvalue weighted by Crippen LogP contribution is 2.32. The largest absolute Gasteiger partial charge is 0.465 e. The molecule has 2 N–H and O–H groups in total. The third-order valence-corrected chi connectivity index (χ3v) is 3.29. The molecular formula is C16H15F3N2O4. The number of anilines is 1. The van der Waals surface area contributed by atoms with Gasteiger partial charge in [-0.05, 0) is 25.1 Å². The molecule has 0 unspecified atom stereocenters. The molecule has 6 nitrogen and oxygen atoms in total. The maximum absolute atomic E-state index is 12.9. The molecule has 0 saturated heterocycles. The van der Waals surface area contributed by atoms with Gasteiger partial charge in [0.15, 0.2) is 0 Å². The Labute approximate surface area is 140 Å². The van der Waals surface area contributed by atoms with E-state index in [0.29, 0.717) is 0 Å². The predicted molar refractivity (Wildman–Crippen MR) is 82.5 cm³/mol. The Bertz CT molecular complexity index is 812. The molecule has 25 heavy (non-hydrogen) atoms. The van der Waals surface area contributed by atoms with E-state index < -0.39 is 23.7 Å². The van der Waals surface area contributed by atoms with Crippen LogP contribution in [0.2, 0.25) is 0 Å². The van der Waals surface area contributed by atoms with Gasteiger partial charge < -0.3 is 19.8 Å². The number of esters is 2. The van der Waals surface area contributed by atoms with Crippen molar-refractivity contribution in [3.8, 4) is 5.69 Å². The number of hydrogen-bond donors (Lipinski definition) is 1. The molecule has 0 aliphatic heterocycles. The summed E-state index contributed by atoms with van der Waals surface area (Å²) in [6.45, 7) is 1.65. The van der Waals surface area contributed by atoms with Crippen LogP contribution in [-0.2, 0) is 15.7 Å². The second-order valence-electron chi connectivity index (χ2n) is 5.02. The van der Waals surface area contributed by atoms with Gasteiger partial charge in [-0.3, -0.25) is 0 Å². The summed E-state index contributed by atoms with van der Waals surface area (Å²) in [5, 5.41) is 0. The zero-order valence-corrected chi connectivity index (χ0v) is 13.4. The van der Waals surface area contributed by atoms with Gasteiger partial charge >= 0.3 is 18.1 Å². The highest BCUT2D eigenvalue weighted by Gasteiger charge is 2.31. The van der Waals surface area contributed by atoms with Crippen LogP contribution < -0.4 is 5.73 Å². The van der Waals surface area contributed by atoms with Gasteiger partial charge in [0, 0.05) is 23.8 Å². The molecule has 0 radical (unpaired) electrons. The highest BCUT2D eigenvalue weighted by molar-refractivity contribution is 6.03. The molecule has 0 bridgehead atoms. The molecule has 2 aromatic rings. The average molecular weight is 356 g/mol. The average Bonchev–Trinajstić information content (AvgIpc) is 2.98. The second-order valence-corrected chi connectivity index (χ2v) is 5.02. The van der Waals surface area contributed by atoms with Crippen LogP contribution in [0.25, 0.3) is 5.69 Å². The van der Waals surface area contributed by atoms with Crippen molar-refractivity contribution in [2.24, 2.45) is 0 Å². The monoisotopic (exact) mass is 356 g/mol. The van der Waals surface area contributed by atoms with E-state index in [9.17, 15) is 22.8 Å². The van der Waals surface area contributed by atoms with Crippen molar-refractivity contribution in [2.75, 3.05) is 19.5 Å². The molecule has 0 amide bonds. The zero-order chi connectivity index (χ0) is 18.8. The topological polar surface area (TPSA) is 83.5 Å². The first-order chi connectivity index (χ1) is 11.7. The molecular weight excluding hydrogens is 341 g/mol. The Morgan fingerprint density at radius 3 is 2.24 bits per heavy atom. The minimum absolute atomic E-state index is 0.0352. The van der Waals surface area contributed by atoms with Crippen molar-refractivity contribution in [3.63, 3.8) is 0 Å².